The SMILES string of the molecule is CCCNCC(O)c1cc2ccccc2o1. The van der Waals surface area contributed by atoms with Crippen LogP contribution in [0.1, 0.15) is 25.2 Å². The number of fused-ring (bicyclic) bond motifs is 1. The summed E-state index contributed by atoms with van der Waals surface area (Å²) in [6.45, 7) is 3.55. The van der Waals surface area contributed by atoms with Crippen molar-refractivity contribution in [2.75, 3.05) is 13.1 Å². The molecule has 0 spiro atoms. The van der Waals surface area contributed by atoms with Gasteiger partial charge in [-0.25, -0.2) is 0 Å². The summed E-state index contributed by atoms with van der Waals surface area (Å²) < 4.78 is 5.57. The van der Waals surface area contributed by atoms with Crippen LogP contribution in [0.2, 0.25) is 0 Å². The second-order valence-electron chi connectivity index (χ2n) is 3.91. The van der Waals surface area contributed by atoms with Crippen LogP contribution in [0.4, 0.5) is 0 Å². The summed E-state index contributed by atoms with van der Waals surface area (Å²) in [7, 11) is 0. The molecule has 1 aromatic heterocycles. The van der Waals surface area contributed by atoms with E-state index in [-0.39, 0.29) is 0 Å². The highest BCUT2D eigenvalue weighted by Gasteiger charge is 2.12. The number of benzene rings is 1. The Balaban J connectivity index is 2.07. The Labute approximate surface area is 95.1 Å². The van der Waals surface area contributed by atoms with Gasteiger partial charge in [-0.05, 0) is 25.1 Å². The van der Waals surface area contributed by atoms with Crippen LogP contribution in [-0.2, 0) is 0 Å². The van der Waals surface area contributed by atoms with Crippen LogP contribution in [0.25, 0.3) is 11.0 Å². The van der Waals surface area contributed by atoms with Gasteiger partial charge in [0.05, 0.1) is 0 Å². The fourth-order valence-corrected chi connectivity index (χ4v) is 1.68. The molecule has 0 aliphatic carbocycles. The Kier molecular flexibility index (Phi) is 3.59. The van der Waals surface area contributed by atoms with Crippen LogP contribution in [0.15, 0.2) is 34.7 Å². The van der Waals surface area contributed by atoms with Crippen molar-refractivity contribution in [3.05, 3.63) is 36.1 Å². The molecule has 0 aliphatic rings. The fourth-order valence-electron chi connectivity index (χ4n) is 1.68. The molecular weight excluding hydrogens is 202 g/mol. The molecule has 0 amide bonds. The fraction of sp³-hybridized carbons (Fsp3) is 0.385. The van der Waals surface area contributed by atoms with Crippen molar-refractivity contribution in [1.82, 2.24) is 5.32 Å². The zero-order chi connectivity index (χ0) is 11.4. The van der Waals surface area contributed by atoms with E-state index in [0.717, 1.165) is 23.9 Å². The van der Waals surface area contributed by atoms with Crippen LogP contribution in [-0.4, -0.2) is 18.2 Å². The molecular formula is C13H17NO2. The van der Waals surface area contributed by atoms with Crippen molar-refractivity contribution < 1.29 is 9.52 Å². The number of rotatable bonds is 5. The Hall–Kier alpha value is -1.32. The van der Waals surface area contributed by atoms with Gasteiger partial charge >= 0.3 is 0 Å². The first-order chi connectivity index (χ1) is 7.81. The quantitative estimate of drug-likeness (QED) is 0.759. The second kappa shape index (κ2) is 5.14. The number of nitrogens with one attached hydrogen (secondary N) is 1. The highest BCUT2D eigenvalue weighted by molar-refractivity contribution is 5.77. The molecule has 0 saturated heterocycles. The van der Waals surface area contributed by atoms with Crippen molar-refractivity contribution in [2.45, 2.75) is 19.4 Å². The molecule has 3 nitrogen and oxygen atoms in total. The van der Waals surface area contributed by atoms with Crippen molar-refractivity contribution in [1.29, 1.82) is 0 Å². The van der Waals surface area contributed by atoms with Crippen molar-refractivity contribution in [3.8, 4) is 0 Å². The summed E-state index contributed by atoms with van der Waals surface area (Å²) in [5.41, 5.74) is 0.826. The summed E-state index contributed by atoms with van der Waals surface area (Å²) >= 11 is 0. The van der Waals surface area contributed by atoms with Crippen molar-refractivity contribution in [3.63, 3.8) is 0 Å². The Morgan fingerprint density at radius 2 is 2.19 bits per heavy atom. The van der Waals surface area contributed by atoms with Gasteiger partial charge in [0.2, 0.25) is 0 Å². The lowest BCUT2D eigenvalue weighted by molar-refractivity contribution is 0.150. The molecule has 86 valence electrons. The Bertz CT molecular complexity index is 417. The van der Waals surface area contributed by atoms with E-state index in [2.05, 4.69) is 12.2 Å². The van der Waals surface area contributed by atoms with Crippen LogP contribution < -0.4 is 5.32 Å². The molecule has 2 aromatic rings. The molecule has 1 unspecified atom stereocenters. The van der Waals surface area contributed by atoms with Gasteiger partial charge in [0.25, 0.3) is 0 Å². The minimum atomic E-state index is -0.570. The van der Waals surface area contributed by atoms with Gasteiger partial charge < -0.3 is 14.8 Å². The normalized spacial score (nSPS) is 13.1. The van der Waals surface area contributed by atoms with E-state index in [1.54, 1.807) is 0 Å². The highest BCUT2D eigenvalue weighted by atomic mass is 16.4. The van der Waals surface area contributed by atoms with Gasteiger partial charge in [-0.1, -0.05) is 25.1 Å². The number of para-hydroxylation sites is 1. The second-order valence-corrected chi connectivity index (χ2v) is 3.91. The first kappa shape index (κ1) is 11.2. The molecule has 0 fully saturated rings. The molecule has 1 atom stereocenters. The molecule has 0 radical (unpaired) electrons. The topological polar surface area (TPSA) is 45.4 Å². The van der Waals surface area contributed by atoms with Gasteiger partial charge in [-0.15, -0.1) is 0 Å². The van der Waals surface area contributed by atoms with E-state index in [0.29, 0.717) is 12.3 Å². The van der Waals surface area contributed by atoms with Crippen LogP contribution in [0.5, 0.6) is 0 Å². The van der Waals surface area contributed by atoms with Crippen LogP contribution >= 0.6 is 0 Å². The molecule has 2 rings (SSSR count). The number of furan rings is 1. The Morgan fingerprint density at radius 1 is 1.38 bits per heavy atom. The first-order valence-electron chi connectivity index (χ1n) is 5.68. The Morgan fingerprint density at radius 3 is 2.94 bits per heavy atom. The number of aliphatic hydroxyl groups excluding tert-OH is 1. The van der Waals surface area contributed by atoms with E-state index in [1.165, 1.54) is 0 Å². The van der Waals surface area contributed by atoms with Gasteiger partial charge in [-0.2, -0.15) is 0 Å². The van der Waals surface area contributed by atoms with E-state index >= 15 is 0 Å². The summed E-state index contributed by atoms with van der Waals surface area (Å²) in [6.07, 6.45) is 0.492. The lowest BCUT2D eigenvalue weighted by Gasteiger charge is -2.07. The largest absolute Gasteiger partial charge is 0.458 e. The lowest BCUT2D eigenvalue weighted by atomic mass is 10.2. The van der Waals surface area contributed by atoms with Gasteiger partial charge in [0, 0.05) is 11.9 Å². The minimum Gasteiger partial charge on any atom is -0.458 e. The van der Waals surface area contributed by atoms with Gasteiger partial charge in [-0.3, -0.25) is 0 Å². The van der Waals surface area contributed by atoms with Gasteiger partial charge in [0.1, 0.15) is 17.4 Å². The zero-order valence-corrected chi connectivity index (χ0v) is 9.44. The monoisotopic (exact) mass is 219 g/mol. The molecule has 16 heavy (non-hydrogen) atoms. The predicted octanol–water partition coefficient (Wildman–Crippen LogP) is 2.47. The van der Waals surface area contributed by atoms with Gasteiger partial charge in [0.15, 0.2) is 0 Å². The minimum absolute atomic E-state index is 0.535. The summed E-state index contributed by atoms with van der Waals surface area (Å²) in [4.78, 5) is 0. The number of hydrogen-bond acceptors (Lipinski definition) is 3. The van der Waals surface area contributed by atoms with E-state index in [9.17, 15) is 5.11 Å². The number of hydrogen-bond donors (Lipinski definition) is 2. The number of aliphatic hydroxyl groups is 1. The summed E-state index contributed by atoms with van der Waals surface area (Å²) in [5, 5.41) is 14.1. The zero-order valence-electron chi connectivity index (χ0n) is 9.44. The van der Waals surface area contributed by atoms with Crippen LogP contribution in [0.3, 0.4) is 0 Å². The van der Waals surface area contributed by atoms with E-state index in [4.69, 9.17) is 4.42 Å². The lowest BCUT2D eigenvalue weighted by Crippen LogP contribution is -2.21. The molecule has 0 bridgehead atoms. The molecule has 1 heterocycles. The highest BCUT2D eigenvalue weighted by Crippen LogP contribution is 2.23. The van der Waals surface area contributed by atoms with Crippen molar-refractivity contribution in [2.24, 2.45) is 0 Å². The maximum absolute atomic E-state index is 9.89. The standard InChI is InChI=1S/C13H17NO2/c1-2-7-14-9-11(15)13-8-10-5-3-4-6-12(10)16-13/h3-6,8,11,14-15H,2,7,9H2,1H3. The third-order valence-electron chi connectivity index (χ3n) is 2.54. The maximum Gasteiger partial charge on any atom is 0.135 e. The average molecular weight is 219 g/mol. The average Bonchev–Trinajstić information content (AvgIpc) is 2.73. The predicted molar refractivity (Wildman–Crippen MR) is 64.3 cm³/mol. The molecule has 0 saturated carbocycles. The third kappa shape index (κ3) is 2.43. The maximum atomic E-state index is 9.89. The summed E-state index contributed by atoms with van der Waals surface area (Å²) in [5.74, 6) is 0.629. The molecule has 3 heteroatoms. The molecule has 1 aromatic carbocycles. The first-order valence-corrected chi connectivity index (χ1v) is 5.68. The summed E-state index contributed by atoms with van der Waals surface area (Å²) in [6, 6.07) is 9.67. The van der Waals surface area contributed by atoms with Crippen LogP contribution in [0, 0.1) is 0 Å². The third-order valence-corrected chi connectivity index (χ3v) is 2.54. The van der Waals surface area contributed by atoms with E-state index in [1.807, 2.05) is 30.3 Å². The molecule has 0 aliphatic heterocycles. The molecule has 2 N–H and O–H groups in total. The smallest absolute Gasteiger partial charge is 0.135 e. The van der Waals surface area contributed by atoms with Crippen molar-refractivity contribution >= 4 is 11.0 Å². The van der Waals surface area contributed by atoms with E-state index < -0.39 is 6.10 Å².